The maximum absolute atomic E-state index is 10.7. The molecule has 1 saturated heterocycles. The third-order valence-electron chi connectivity index (χ3n) is 5.93. The van der Waals surface area contributed by atoms with Crippen molar-refractivity contribution in [2.45, 2.75) is 97.0 Å². The summed E-state index contributed by atoms with van der Waals surface area (Å²) in [7, 11) is 0. The molecule has 3 rings (SSSR count). The molecule has 1 atom stereocenters. The lowest BCUT2D eigenvalue weighted by Gasteiger charge is -2.46. The van der Waals surface area contributed by atoms with E-state index in [1.54, 1.807) is 0 Å². The average molecular weight is 400 g/mol. The summed E-state index contributed by atoms with van der Waals surface area (Å²) in [6, 6.07) is 4.36. The molecule has 0 aliphatic carbocycles. The van der Waals surface area contributed by atoms with Gasteiger partial charge in [0.2, 0.25) is 5.95 Å². The molecule has 0 spiro atoms. The highest BCUT2D eigenvalue weighted by Gasteiger charge is 2.37. The molecule has 0 radical (unpaired) electrons. The van der Waals surface area contributed by atoms with Gasteiger partial charge >= 0.3 is 0 Å². The van der Waals surface area contributed by atoms with E-state index in [2.05, 4.69) is 56.3 Å². The van der Waals surface area contributed by atoms with Gasteiger partial charge in [-0.3, -0.25) is 0 Å². The highest BCUT2D eigenvalue weighted by molar-refractivity contribution is 5.60. The number of nitrogens with one attached hydrogen (secondary N) is 2. The van der Waals surface area contributed by atoms with E-state index in [0.29, 0.717) is 18.4 Å². The maximum Gasteiger partial charge on any atom is 0.223 e. The fourth-order valence-electron chi connectivity index (χ4n) is 4.74. The van der Waals surface area contributed by atoms with E-state index >= 15 is 0 Å². The molecule has 1 aliphatic rings. The van der Waals surface area contributed by atoms with Crippen LogP contribution in [0.1, 0.15) is 73.4 Å². The first kappa shape index (κ1) is 21.8. The van der Waals surface area contributed by atoms with Crippen molar-refractivity contribution in [3.05, 3.63) is 30.2 Å². The molecule has 2 aromatic rings. The highest BCUT2D eigenvalue weighted by Crippen LogP contribution is 2.31. The van der Waals surface area contributed by atoms with Gasteiger partial charge in [-0.1, -0.05) is 13.8 Å². The van der Waals surface area contributed by atoms with Gasteiger partial charge in [-0.05, 0) is 72.4 Å². The highest BCUT2D eigenvalue weighted by atomic mass is 16.3. The summed E-state index contributed by atoms with van der Waals surface area (Å²) in [6.07, 6.45) is 7.34. The topological polar surface area (TPSA) is 75.0 Å². The van der Waals surface area contributed by atoms with Crippen LogP contribution in [0.5, 0.6) is 0 Å². The third-order valence-corrected chi connectivity index (χ3v) is 5.93. The minimum atomic E-state index is -0.899. The van der Waals surface area contributed by atoms with Gasteiger partial charge in [0.25, 0.3) is 0 Å². The summed E-state index contributed by atoms with van der Waals surface area (Å²) >= 11 is 0. The summed E-state index contributed by atoms with van der Waals surface area (Å²) in [4.78, 5) is 9.26. The smallest absolute Gasteiger partial charge is 0.223 e. The van der Waals surface area contributed by atoms with Gasteiger partial charge < -0.3 is 20.3 Å². The van der Waals surface area contributed by atoms with E-state index in [9.17, 15) is 5.11 Å². The molecule has 1 aliphatic heterocycles. The number of anilines is 1. The maximum atomic E-state index is 10.7. The number of hydrogen-bond acceptors (Lipinski definition) is 5. The van der Waals surface area contributed by atoms with Crippen LogP contribution >= 0.6 is 0 Å². The third kappa shape index (κ3) is 4.98. The molecule has 0 aromatic carbocycles. The number of hydrogen-bond donors (Lipinski definition) is 3. The van der Waals surface area contributed by atoms with Crippen molar-refractivity contribution in [3.8, 4) is 11.3 Å². The van der Waals surface area contributed by atoms with E-state index in [0.717, 1.165) is 36.2 Å². The van der Waals surface area contributed by atoms with Gasteiger partial charge in [0.1, 0.15) is 5.72 Å². The van der Waals surface area contributed by atoms with E-state index in [1.807, 2.05) is 36.9 Å². The summed E-state index contributed by atoms with van der Waals surface area (Å²) in [6.45, 7) is 14.9. The van der Waals surface area contributed by atoms with Crippen LogP contribution in [0.25, 0.3) is 11.3 Å². The lowest BCUT2D eigenvalue weighted by Crippen LogP contribution is -2.60. The minimum absolute atomic E-state index is 0.0655. The summed E-state index contributed by atoms with van der Waals surface area (Å²) in [5, 5.41) is 18.0. The van der Waals surface area contributed by atoms with Crippen molar-refractivity contribution < 1.29 is 5.11 Å². The zero-order valence-electron chi connectivity index (χ0n) is 19.0. The second-order valence-corrected chi connectivity index (χ2v) is 9.92. The van der Waals surface area contributed by atoms with E-state index in [-0.39, 0.29) is 11.1 Å². The fourth-order valence-corrected chi connectivity index (χ4v) is 4.74. The number of piperidine rings is 1. The van der Waals surface area contributed by atoms with Crippen LogP contribution in [0.15, 0.2) is 24.5 Å². The van der Waals surface area contributed by atoms with Crippen molar-refractivity contribution in [2.75, 3.05) is 5.32 Å². The monoisotopic (exact) mass is 399 g/mol. The lowest BCUT2D eigenvalue weighted by molar-refractivity contribution is -0.0238. The zero-order valence-corrected chi connectivity index (χ0v) is 19.0. The van der Waals surface area contributed by atoms with E-state index in [1.165, 1.54) is 0 Å². The van der Waals surface area contributed by atoms with Crippen LogP contribution < -0.4 is 10.6 Å². The van der Waals surface area contributed by atoms with Crippen LogP contribution in [0.3, 0.4) is 0 Å². The number of nitrogens with zero attached hydrogens (tertiary/aromatic N) is 3. The van der Waals surface area contributed by atoms with Crippen molar-refractivity contribution in [3.63, 3.8) is 0 Å². The number of aromatic nitrogens is 3. The molecule has 0 saturated carbocycles. The first-order chi connectivity index (χ1) is 13.4. The van der Waals surface area contributed by atoms with E-state index < -0.39 is 5.72 Å². The van der Waals surface area contributed by atoms with E-state index in [4.69, 9.17) is 4.98 Å². The fraction of sp³-hybridized carbons (Fsp3) is 0.652. The minimum Gasteiger partial charge on any atom is -0.371 e. The largest absolute Gasteiger partial charge is 0.371 e. The molecular weight excluding hydrogens is 362 g/mol. The van der Waals surface area contributed by atoms with Crippen molar-refractivity contribution in [1.82, 2.24) is 19.9 Å². The second-order valence-electron chi connectivity index (χ2n) is 9.92. The van der Waals surface area contributed by atoms with Gasteiger partial charge in [-0.25, -0.2) is 9.97 Å². The van der Waals surface area contributed by atoms with Gasteiger partial charge in [-0.2, -0.15) is 0 Å². The van der Waals surface area contributed by atoms with Crippen LogP contribution in [-0.4, -0.2) is 36.8 Å². The zero-order chi connectivity index (χ0) is 21.4. The molecule has 1 unspecified atom stereocenters. The number of aliphatic hydroxyl groups is 1. The Kier molecular flexibility index (Phi) is 5.80. The van der Waals surface area contributed by atoms with Gasteiger partial charge in [0, 0.05) is 40.8 Å². The van der Waals surface area contributed by atoms with Crippen molar-refractivity contribution in [2.24, 2.45) is 0 Å². The van der Waals surface area contributed by atoms with Gasteiger partial charge in [0.05, 0.1) is 5.69 Å². The lowest BCUT2D eigenvalue weighted by atomic mass is 9.80. The Hall–Kier alpha value is -1.92. The average Bonchev–Trinajstić information content (AvgIpc) is 3.04. The van der Waals surface area contributed by atoms with Crippen LogP contribution in [0, 0.1) is 0 Å². The molecule has 160 valence electrons. The molecule has 3 N–H and O–H groups in total. The predicted molar refractivity (Wildman–Crippen MR) is 119 cm³/mol. The molecule has 6 heteroatoms. The molecular formula is C23H37N5O. The van der Waals surface area contributed by atoms with Crippen LogP contribution in [0.4, 0.5) is 5.95 Å². The Balaban J connectivity index is 1.85. The van der Waals surface area contributed by atoms with Gasteiger partial charge in [0.15, 0.2) is 0 Å². The van der Waals surface area contributed by atoms with Crippen LogP contribution in [0.2, 0.25) is 0 Å². The first-order valence-corrected chi connectivity index (χ1v) is 10.8. The molecule has 2 aromatic heterocycles. The van der Waals surface area contributed by atoms with Crippen LogP contribution in [-0.2, 0) is 12.1 Å². The van der Waals surface area contributed by atoms with Crippen molar-refractivity contribution >= 4 is 5.95 Å². The molecule has 0 amide bonds. The Labute approximate surface area is 175 Å². The summed E-state index contributed by atoms with van der Waals surface area (Å²) in [5.74, 6) is 0.661. The summed E-state index contributed by atoms with van der Waals surface area (Å²) in [5.41, 5.74) is 2.21. The number of rotatable bonds is 6. The molecule has 6 nitrogen and oxygen atoms in total. The SMILES string of the molecule is CCc1cc(-c2ccnc(NC3CC(C)(C)NC(C)(C)C3)n2)cn1C(C)(O)CC. The van der Waals surface area contributed by atoms with Gasteiger partial charge in [-0.15, -0.1) is 0 Å². The Bertz CT molecular complexity index is 837. The first-order valence-electron chi connectivity index (χ1n) is 10.8. The molecule has 29 heavy (non-hydrogen) atoms. The van der Waals surface area contributed by atoms with Crippen molar-refractivity contribution in [1.29, 1.82) is 0 Å². The summed E-state index contributed by atoms with van der Waals surface area (Å²) < 4.78 is 1.97. The molecule has 3 heterocycles. The Morgan fingerprint density at radius 2 is 1.90 bits per heavy atom. The molecule has 1 fully saturated rings. The number of aryl methyl sites for hydroxylation is 1. The quantitative estimate of drug-likeness (QED) is 0.675. The predicted octanol–water partition coefficient (Wildman–Crippen LogP) is 4.30. The Morgan fingerprint density at radius 3 is 2.48 bits per heavy atom. The Morgan fingerprint density at radius 1 is 1.24 bits per heavy atom. The standard InChI is InChI=1S/C23H37N5O/c1-8-18-12-16(15-28(18)23(7,29)9-2)19-10-11-24-20(26-19)25-17-13-21(3,4)27-22(5,6)14-17/h10-12,15,17,27,29H,8-9,13-14H2,1-7H3,(H,24,25,26). The second kappa shape index (κ2) is 7.73. The molecule has 0 bridgehead atoms. The normalized spacial score (nSPS) is 21.0.